The fraction of sp³-hybridized carbons (Fsp3) is 0.917. The first-order chi connectivity index (χ1) is 7.70. The summed E-state index contributed by atoms with van der Waals surface area (Å²) >= 11 is 0. The Bertz CT molecular complexity index is 219. The lowest BCUT2D eigenvalue weighted by Gasteiger charge is -2.36. The van der Waals surface area contributed by atoms with E-state index in [0.29, 0.717) is 13.2 Å². The SMILES string of the molecule is CCNC1CCCN(C(C)COCC)C1=O. The molecule has 0 aromatic rings. The fourth-order valence-corrected chi connectivity index (χ4v) is 2.15. The second kappa shape index (κ2) is 6.86. The zero-order chi connectivity index (χ0) is 12.0. The topological polar surface area (TPSA) is 41.6 Å². The predicted molar refractivity (Wildman–Crippen MR) is 64.4 cm³/mol. The highest BCUT2D eigenvalue weighted by Gasteiger charge is 2.30. The molecular formula is C12H24N2O2. The van der Waals surface area contributed by atoms with Crippen LogP contribution in [0.2, 0.25) is 0 Å². The Morgan fingerprint density at radius 1 is 1.56 bits per heavy atom. The van der Waals surface area contributed by atoms with Gasteiger partial charge in [0.05, 0.1) is 18.7 Å². The Kier molecular flexibility index (Phi) is 5.77. The van der Waals surface area contributed by atoms with Gasteiger partial charge in [0, 0.05) is 13.2 Å². The van der Waals surface area contributed by atoms with E-state index >= 15 is 0 Å². The molecule has 0 aliphatic carbocycles. The van der Waals surface area contributed by atoms with E-state index in [9.17, 15) is 4.79 Å². The van der Waals surface area contributed by atoms with Crippen molar-refractivity contribution in [2.45, 2.75) is 45.7 Å². The van der Waals surface area contributed by atoms with Gasteiger partial charge in [-0.25, -0.2) is 0 Å². The Hall–Kier alpha value is -0.610. The molecule has 0 saturated carbocycles. The van der Waals surface area contributed by atoms with Gasteiger partial charge in [0.25, 0.3) is 0 Å². The molecule has 0 aromatic carbocycles. The van der Waals surface area contributed by atoms with Crippen LogP contribution in [0.5, 0.6) is 0 Å². The molecule has 1 rings (SSSR count). The number of hydrogen-bond donors (Lipinski definition) is 1. The summed E-state index contributed by atoms with van der Waals surface area (Å²) in [4.78, 5) is 14.1. The minimum absolute atomic E-state index is 0.0165. The number of carbonyl (C=O) groups excluding carboxylic acids is 1. The first-order valence-electron chi connectivity index (χ1n) is 6.32. The molecule has 1 N–H and O–H groups in total. The maximum absolute atomic E-state index is 12.1. The minimum Gasteiger partial charge on any atom is -0.380 e. The average molecular weight is 228 g/mol. The summed E-state index contributed by atoms with van der Waals surface area (Å²) in [6.07, 6.45) is 2.05. The third-order valence-electron chi connectivity index (χ3n) is 3.02. The zero-order valence-electron chi connectivity index (χ0n) is 10.7. The summed E-state index contributed by atoms with van der Waals surface area (Å²) in [6, 6.07) is 0.205. The van der Waals surface area contributed by atoms with Crippen molar-refractivity contribution in [1.29, 1.82) is 0 Å². The lowest BCUT2D eigenvalue weighted by atomic mass is 10.0. The molecule has 1 amide bonds. The van der Waals surface area contributed by atoms with Crippen LogP contribution in [0.15, 0.2) is 0 Å². The van der Waals surface area contributed by atoms with Crippen molar-refractivity contribution in [3.8, 4) is 0 Å². The Balaban J connectivity index is 2.48. The van der Waals surface area contributed by atoms with Crippen LogP contribution in [0.25, 0.3) is 0 Å². The van der Waals surface area contributed by atoms with Crippen LogP contribution < -0.4 is 5.32 Å². The van der Waals surface area contributed by atoms with Crippen LogP contribution in [0.1, 0.15) is 33.6 Å². The van der Waals surface area contributed by atoms with Crippen molar-refractivity contribution >= 4 is 5.91 Å². The van der Waals surface area contributed by atoms with Crippen molar-refractivity contribution < 1.29 is 9.53 Å². The monoisotopic (exact) mass is 228 g/mol. The van der Waals surface area contributed by atoms with Gasteiger partial charge in [-0.3, -0.25) is 4.79 Å². The van der Waals surface area contributed by atoms with Crippen LogP contribution in [-0.2, 0) is 9.53 Å². The second-order valence-corrected chi connectivity index (χ2v) is 4.29. The summed E-state index contributed by atoms with van der Waals surface area (Å²) in [7, 11) is 0. The van der Waals surface area contributed by atoms with Crippen LogP contribution in [0.4, 0.5) is 0 Å². The molecule has 0 aromatic heterocycles. The van der Waals surface area contributed by atoms with Crippen LogP contribution >= 0.6 is 0 Å². The molecule has 16 heavy (non-hydrogen) atoms. The number of likely N-dealkylation sites (N-methyl/N-ethyl adjacent to an activating group) is 1. The molecule has 0 spiro atoms. The van der Waals surface area contributed by atoms with Crippen molar-refractivity contribution in [3.05, 3.63) is 0 Å². The number of likely N-dealkylation sites (tertiary alicyclic amines) is 1. The molecular weight excluding hydrogens is 204 g/mol. The maximum atomic E-state index is 12.1. The van der Waals surface area contributed by atoms with Crippen LogP contribution in [0, 0.1) is 0 Å². The number of nitrogens with zero attached hydrogens (tertiary/aromatic N) is 1. The fourth-order valence-electron chi connectivity index (χ4n) is 2.15. The summed E-state index contributed by atoms with van der Waals surface area (Å²) in [6.45, 7) is 9.15. The van der Waals surface area contributed by atoms with Gasteiger partial charge < -0.3 is 15.0 Å². The lowest BCUT2D eigenvalue weighted by Crippen LogP contribution is -2.54. The van der Waals surface area contributed by atoms with Gasteiger partial charge in [-0.2, -0.15) is 0 Å². The molecule has 2 atom stereocenters. The van der Waals surface area contributed by atoms with Crippen molar-refractivity contribution in [2.75, 3.05) is 26.3 Å². The molecule has 1 aliphatic heterocycles. The maximum Gasteiger partial charge on any atom is 0.240 e. The van der Waals surface area contributed by atoms with E-state index in [1.807, 2.05) is 18.7 Å². The number of nitrogens with one attached hydrogen (secondary N) is 1. The number of amides is 1. The van der Waals surface area contributed by atoms with Gasteiger partial charge in [-0.05, 0) is 33.2 Å². The normalized spacial score (nSPS) is 23.6. The van der Waals surface area contributed by atoms with E-state index in [0.717, 1.165) is 25.9 Å². The lowest BCUT2D eigenvalue weighted by molar-refractivity contribution is -0.139. The van der Waals surface area contributed by atoms with Gasteiger partial charge in [-0.15, -0.1) is 0 Å². The van der Waals surface area contributed by atoms with E-state index < -0.39 is 0 Å². The molecule has 4 nitrogen and oxygen atoms in total. The zero-order valence-corrected chi connectivity index (χ0v) is 10.7. The molecule has 1 aliphatic rings. The highest BCUT2D eigenvalue weighted by atomic mass is 16.5. The molecule has 0 radical (unpaired) electrons. The van der Waals surface area contributed by atoms with Gasteiger partial charge in [0.1, 0.15) is 0 Å². The predicted octanol–water partition coefficient (Wildman–Crippen LogP) is 1.01. The first-order valence-corrected chi connectivity index (χ1v) is 6.32. The minimum atomic E-state index is 0.0165. The van der Waals surface area contributed by atoms with Gasteiger partial charge >= 0.3 is 0 Å². The molecule has 1 fully saturated rings. The van der Waals surface area contributed by atoms with E-state index in [2.05, 4.69) is 12.2 Å². The average Bonchev–Trinajstić information content (AvgIpc) is 2.29. The summed E-state index contributed by atoms with van der Waals surface area (Å²) in [5.41, 5.74) is 0. The highest BCUT2D eigenvalue weighted by Crippen LogP contribution is 2.14. The number of piperidine rings is 1. The summed E-state index contributed by atoms with van der Waals surface area (Å²) in [5.74, 6) is 0.236. The van der Waals surface area contributed by atoms with E-state index in [-0.39, 0.29) is 18.0 Å². The van der Waals surface area contributed by atoms with Crippen LogP contribution in [-0.4, -0.2) is 49.2 Å². The Morgan fingerprint density at radius 3 is 2.94 bits per heavy atom. The number of rotatable bonds is 6. The number of ether oxygens (including phenoxy) is 1. The molecule has 1 saturated heterocycles. The Labute approximate surface area is 98.3 Å². The first kappa shape index (κ1) is 13.5. The van der Waals surface area contributed by atoms with Crippen LogP contribution in [0.3, 0.4) is 0 Å². The van der Waals surface area contributed by atoms with Crippen molar-refractivity contribution in [3.63, 3.8) is 0 Å². The van der Waals surface area contributed by atoms with Gasteiger partial charge in [0.15, 0.2) is 0 Å². The smallest absolute Gasteiger partial charge is 0.240 e. The molecule has 1 heterocycles. The Morgan fingerprint density at radius 2 is 2.31 bits per heavy atom. The van der Waals surface area contributed by atoms with Gasteiger partial charge in [-0.1, -0.05) is 6.92 Å². The highest BCUT2D eigenvalue weighted by molar-refractivity contribution is 5.82. The van der Waals surface area contributed by atoms with Crippen molar-refractivity contribution in [1.82, 2.24) is 10.2 Å². The third kappa shape index (κ3) is 3.46. The number of carbonyl (C=O) groups is 1. The van der Waals surface area contributed by atoms with Gasteiger partial charge in [0.2, 0.25) is 5.91 Å². The number of hydrogen-bond acceptors (Lipinski definition) is 3. The molecule has 4 heteroatoms. The van der Waals surface area contributed by atoms with E-state index in [4.69, 9.17) is 4.74 Å². The summed E-state index contributed by atoms with van der Waals surface area (Å²) in [5, 5.41) is 3.24. The molecule has 0 bridgehead atoms. The molecule has 2 unspecified atom stereocenters. The third-order valence-corrected chi connectivity index (χ3v) is 3.02. The van der Waals surface area contributed by atoms with Crippen molar-refractivity contribution in [2.24, 2.45) is 0 Å². The second-order valence-electron chi connectivity index (χ2n) is 4.29. The molecule has 94 valence electrons. The quantitative estimate of drug-likeness (QED) is 0.738. The van der Waals surface area contributed by atoms with E-state index in [1.165, 1.54) is 0 Å². The standard InChI is InChI=1S/C12H24N2O2/c1-4-13-11-7-6-8-14(12(11)15)10(3)9-16-5-2/h10-11,13H,4-9H2,1-3H3. The summed E-state index contributed by atoms with van der Waals surface area (Å²) < 4.78 is 5.38. The largest absolute Gasteiger partial charge is 0.380 e. The van der Waals surface area contributed by atoms with E-state index in [1.54, 1.807) is 0 Å².